The molecule has 0 aliphatic heterocycles. The highest BCUT2D eigenvalue weighted by atomic mass is 14.6. The lowest BCUT2D eigenvalue weighted by Gasteiger charge is -2.57. The Kier molecular flexibility index (Phi) is 2.46. The van der Waals surface area contributed by atoms with Gasteiger partial charge in [0.2, 0.25) is 0 Å². The van der Waals surface area contributed by atoms with E-state index < -0.39 is 0 Å². The highest BCUT2D eigenvalue weighted by Gasteiger charge is 2.52. The lowest BCUT2D eigenvalue weighted by Crippen LogP contribution is -2.46. The van der Waals surface area contributed by atoms with Crippen molar-refractivity contribution in [2.75, 3.05) is 0 Å². The van der Waals surface area contributed by atoms with E-state index in [9.17, 15) is 0 Å². The first-order valence-electron chi connectivity index (χ1n) is 7.91. The van der Waals surface area contributed by atoms with Crippen LogP contribution in [-0.2, 0) is 0 Å². The first-order chi connectivity index (χ1) is 9.14. The van der Waals surface area contributed by atoms with Gasteiger partial charge < -0.3 is 0 Å². The summed E-state index contributed by atoms with van der Waals surface area (Å²) in [7, 11) is 0. The predicted molar refractivity (Wildman–Crippen MR) is 80.8 cm³/mol. The average Bonchev–Trinajstić information content (AvgIpc) is 2.37. The Hall–Kier alpha value is -1.04. The summed E-state index contributed by atoms with van der Waals surface area (Å²) in [5, 5.41) is 0. The van der Waals surface area contributed by atoms with Gasteiger partial charge in [-0.25, -0.2) is 0 Å². The van der Waals surface area contributed by atoms with Gasteiger partial charge in [-0.15, -0.1) is 0 Å². The molecule has 0 radical (unpaired) electrons. The molecule has 100 valence electrons. The summed E-state index contributed by atoms with van der Waals surface area (Å²) in [4.78, 5) is 0. The van der Waals surface area contributed by atoms with Gasteiger partial charge >= 0.3 is 0 Å². The number of allylic oxidation sites excluding steroid dienone is 1. The second-order valence-electron chi connectivity index (χ2n) is 7.54. The molecule has 0 unspecified atom stereocenters. The Morgan fingerprint density at radius 3 is 1.89 bits per heavy atom. The van der Waals surface area contributed by atoms with Gasteiger partial charge in [-0.1, -0.05) is 36.4 Å². The zero-order valence-electron chi connectivity index (χ0n) is 12.0. The Balaban J connectivity index is 1.68. The van der Waals surface area contributed by atoms with Crippen LogP contribution in [0.1, 0.15) is 49.7 Å². The van der Waals surface area contributed by atoms with Crippen molar-refractivity contribution in [2.24, 2.45) is 23.2 Å². The monoisotopic (exact) mass is 252 g/mol. The van der Waals surface area contributed by atoms with E-state index >= 15 is 0 Å². The quantitative estimate of drug-likeness (QED) is 0.676. The minimum atomic E-state index is 0.462. The first-order valence-corrected chi connectivity index (χ1v) is 7.91. The maximum absolute atomic E-state index is 4.54. The van der Waals surface area contributed by atoms with Gasteiger partial charge in [0.1, 0.15) is 0 Å². The predicted octanol–water partition coefficient (Wildman–Crippen LogP) is 5.22. The highest BCUT2D eigenvalue weighted by molar-refractivity contribution is 5.69. The SMILES string of the molecule is C=C(c1ccc(C)cc1)C12CC3CC(CC(C3)C1)C2. The summed E-state index contributed by atoms with van der Waals surface area (Å²) < 4.78 is 0. The molecule has 0 heterocycles. The van der Waals surface area contributed by atoms with E-state index in [0.717, 1.165) is 17.8 Å². The third kappa shape index (κ3) is 1.80. The fourth-order valence-corrected chi connectivity index (χ4v) is 5.54. The number of rotatable bonds is 2. The summed E-state index contributed by atoms with van der Waals surface area (Å²) in [6.07, 6.45) is 8.81. The second-order valence-corrected chi connectivity index (χ2v) is 7.54. The molecule has 4 fully saturated rings. The molecule has 0 spiro atoms. The molecule has 5 rings (SSSR count). The van der Waals surface area contributed by atoms with Crippen molar-refractivity contribution in [2.45, 2.75) is 45.4 Å². The molecule has 1 aromatic rings. The third-order valence-corrected chi connectivity index (χ3v) is 6.08. The zero-order valence-corrected chi connectivity index (χ0v) is 12.0. The number of hydrogen-bond acceptors (Lipinski definition) is 0. The number of benzene rings is 1. The van der Waals surface area contributed by atoms with Crippen LogP contribution in [0.25, 0.3) is 5.57 Å². The Bertz CT molecular complexity index is 470. The van der Waals surface area contributed by atoms with Crippen LogP contribution in [0.4, 0.5) is 0 Å². The molecule has 4 aliphatic rings. The molecular weight excluding hydrogens is 228 g/mol. The first kappa shape index (κ1) is 11.8. The lowest BCUT2D eigenvalue weighted by atomic mass is 9.47. The van der Waals surface area contributed by atoms with Crippen LogP contribution in [0.3, 0.4) is 0 Å². The van der Waals surface area contributed by atoms with Crippen molar-refractivity contribution in [1.29, 1.82) is 0 Å². The van der Waals surface area contributed by atoms with E-state index in [1.165, 1.54) is 55.2 Å². The molecule has 0 saturated heterocycles. The van der Waals surface area contributed by atoms with Crippen molar-refractivity contribution >= 4 is 5.57 Å². The fraction of sp³-hybridized carbons (Fsp3) is 0.579. The Morgan fingerprint density at radius 2 is 1.42 bits per heavy atom. The summed E-state index contributed by atoms with van der Waals surface area (Å²) in [6, 6.07) is 9.05. The minimum absolute atomic E-state index is 0.462. The molecule has 1 aromatic carbocycles. The highest BCUT2D eigenvalue weighted by Crippen LogP contribution is 2.63. The fourth-order valence-electron chi connectivity index (χ4n) is 5.54. The van der Waals surface area contributed by atoms with E-state index in [4.69, 9.17) is 0 Å². The molecule has 4 saturated carbocycles. The molecule has 0 atom stereocenters. The molecule has 0 heteroatoms. The van der Waals surface area contributed by atoms with Crippen LogP contribution >= 0.6 is 0 Å². The maximum atomic E-state index is 4.54. The number of aryl methyl sites for hydroxylation is 1. The molecule has 0 nitrogen and oxygen atoms in total. The van der Waals surface area contributed by atoms with Crippen molar-refractivity contribution in [3.8, 4) is 0 Å². The molecule has 0 amide bonds. The van der Waals surface area contributed by atoms with Crippen LogP contribution in [-0.4, -0.2) is 0 Å². The lowest BCUT2D eigenvalue weighted by molar-refractivity contribution is -0.0176. The van der Waals surface area contributed by atoms with Gasteiger partial charge in [0.15, 0.2) is 0 Å². The standard InChI is InChI=1S/C19H24/c1-13-3-5-18(6-4-13)14(2)19-10-15-7-16(11-19)9-17(8-15)12-19/h3-6,15-17H,2,7-12H2,1H3. The van der Waals surface area contributed by atoms with Gasteiger partial charge in [-0.3, -0.25) is 0 Å². The molecule has 4 aliphatic carbocycles. The maximum Gasteiger partial charge on any atom is -0.00390 e. The molecule has 19 heavy (non-hydrogen) atoms. The normalized spacial score (nSPS) is 39.5. The third-order valence-electron chi connectivity index (χ3n) is 6.08. The van der Waals surface area contributed by atoms with Crippen molar-refractivity contribution in [3.05, 3.63) is 42.0 Å². The van der Waals surface area contributed by atoms with Crippen LogP contribution < -0.4 is 0 Å². The molecule has 4 bridgehead atoms. The van der Waals surface area contributed by atoms with Gasteiger partial charge in [0, 0.05) is 0 Å². The van der Waals surface area contributed by atoms with Crippen molar-refractivity contribution in [1.82, 2.24) is 0 Å². The van der Waals surface area contributed by atoms with Crippen molar-refractivity contribution < 1.29 is 0 Å². The van der Waals surface area contributed by atoms with Gasteiger partial charge in [-0.05, 0) is 79.8 Å². The molecule has 0 N–H and O–H groups in total. The van der Waals surface area contributed by atoms with Gasteiger partial charge in [-0.2, -0.15) is 0 Å². The summed E-state index contributed by atoms with van der Waals surface area (Å²) in [5.41, 5.74) is 4.66. The van der Waals surface area contributed by atoms with Crippen LogP contribution in [0, 0.1) is 30.1 Å². The van der Waals surface area contributed by atoms with Crippen LogP contribution in [0.5, 0.6) is 0 Å². The molecule has 0 aromatic heterocycles. The average molecular weight is 252 g/mol. The molecular formula is C19H24. The van der Waals surface area contributed by atoms with E-state index in [0.29, 0.717) is 5.41 Å². The summed E-state index contributed by atoms with van der Waals surface area (Å²) in [5.74, 6) is 3.02. The summed E-state index contributed by atoms with van der Waals surface area (Å²) >= 11 is 0. The van der Waals surface area contributed by atoms with Gasteiger partial charge in [0.25, 0.3) is 0 Å². The minimum Gasteiger partial charge on any atom is -0.0947 e. The van der Waals surface area contributed by atoms with E-state index in [1.54, 1.807) is 0 Å². The van der Waals surface area contributed by atoms with Crippen LogP contribution in [0.2, 0.25) is 0 Å². The summed E-state index contributed by atoms with van der Waals surface area (Å²) in [6.45, 7) is 6.71. The Morgan fingerprint density at radius 1 is 0.947 bits per heavy atom. The van der Waals surface area contributed by atoms with E-state index in [2.05, 4.69) is 37.8 Å². The van der Waals surface area contributed by atoms with Gasteiger partial charge in [0.05, 0.1) is 0 Å². The topological polar surface area (TPSA) is 0 Å². The largest absolute Gasteiger partial charge is 0.0947 e. The Labute approximate surface area is 116 Å². The van der Waals surface area contributed by atoms with E-state index in [1.807, 2.05) is 0 Å². The van der Waals surface area contributed by atoms with Crippen LogP contribution in [0.15, 0.2) is 30.8 Å². The van der Waals surface area contributed by atoms with E-state index in [-0.39, 0.29) is 0 Å². The number of hydrogen-bond donors (Lipinski definition) is 0. The van der Waals surface area contributed by atoms with Crippen molar-refractivity contribution in [3.63, 3.8) is 0 Å². The second kappa shape index (κ2) is 3.98. The zero-order chi connectivity index (χ0) is 13.0. The smallest absolute Gasteiger partial charge is 0.00390 e.